The Balaban J connectivity index is 1.74. The molecule has 0 aliphatic heterocycles. The van der Waals surface area contributed by atoms with Crippen molar-refractivity contribution in [1.82, 2.24) is 15.0 Å². The van der Waals surface area contributed by atoms with Crippen molar-refractivity contribution in [2.45, 2.75) is 6.61 Å². The first-order valence-electron chi connectivity index (χ1n) is 7.23. The second kappa shape index (κ2) is 7.19. The van der Waals surface area contributed by atoms with E-state index in [-0.39, 0.29) is 11.5 Å². The van der Waals surface area contributed by atoms with Gasteiger partial charge in [0.15, 0.2) is 11.5 Å². The molecule has 3 rings (SSSR count). The van der Waals surface area contributed by atoms with Gasteiger partial charge in [-0.2, -0.15) is 0 Å². The van der Waals surface area contributed by atoms with Gasteiger partial charge >= 0.3 is 0 Å². The van der Waals surface area contributed by atoms with Crippen LogP contribution in [0, 0.1) is 0 Å². The molecule has 0 saturated heterocycles. The SMILES string of the molecule is Nc1nccnc1C(=O)Nc1cccnc1OCc1ccccc1. The maximum absolute atomic E-state index is 12.3. The minimum Gasteiger partial charge on any atom is -0.471 e. The van der Waals surface area contributed by atoms with E-state index in [0.29, 0.717) is 18.2 Å². The van der Waals surface area contributed by atoms with Crippen LogP contribution >= 0.6 is 0 Å². The van der Waals surface area contributed by atoms with E-state index in [0.717, 1.165) is 5.56 Å². The van der Waals surface area contributed by atoms with Crippen LogP contribution in [0.2, 0.25) is 0 Å². The summed E-state index contributed by atoms with van der Waals surface area (Å²) in [6.45, 7) is 0.341. The summed E-state index contributed by atoms with van der Waals surface area (Å²) in [7, 11) is 0. The number of nitrogens with zero attached hydrogens (tertiary/aromatic N) is 3. The minimum absolute atomic E-state index is 0.0513. The van der Waals surface area contributed by atoms with Gasteiger partial charge in [0.1, 0.15) is 12.3 Å². The second-order valence-electron chi connectivity index (χ2n) is 4.87. The number of amides is 1. The normalized spacial score (nSPS) is 10.2. The quantitative estimate of drug-likeness (QED) is 0.747. The predicted octanol–water partition coefficient (Wildman–Crippen LogP) is 2.29. The van der Waals surface area contributed by atoms with Gasteiger partial charge in [-0.15, -0.1) is 0 Å². The highest BCUT2D eigenvalue weighted by Crippen LogP contribution is 2.22. The second-order valence-corrected chi connectivity index (χ2v) is 4.87. The average molecular weight is 321 g/mol. The number of pyridine rings is 1. The predicted molar refractivity (Wildman–Crippen MR) is 89.4 cm³/mol. The molecule has 0 radical (unpaired) electrons. The van der Waals surface area contributed by atoms with Crippen LogP contribution in [0.1, 0.15) is 16.1 Å². The molecule has 2 aromatic heterocycles. The molecule has 0 spiro atoms. The average Bonchev–Trinajstić information content (AvgIpc) is 2.62. The molecule has 0 saturated carbocycles. The molecule has 0 atom stereocenters. The van der Waals surface area contributed by atoms with E-state index in [1.165, 1.54) is 12.4 Å². The van der Waals surface area contributed by atoms with Crippen molar-refractivity contribution in [3.63, 3.8) is 0 Å². The van der Waals surface area contributed by atoms with Gasteiger partial charge in [-0.1, -0.05) is 30.3 Å². The third kappa shape index (κ3) is 3.64. The third-order valence-corrected chi connectivity index (χ3v) is 3.18. The summed E-state index contributed by atoms with van der Waals surface area (Å²) in [5.41, 5.74) is 7.15. The van der Waals surface area contributed by atoms with E-state index in [9.17, 15) is 4.79 Å². The van der Waals surface area contributed by atoms with Gasteiger partial charge in [0, 0.05) is 18.6 Å². The Bertz CT molecular complexity index is 839. The standard InChI is InChI=1S/C17H15N5O2/c18-15-14(19-9-10-20-15)16(23)22-13-7-4-8-21-17(13)24-11-12-5-2-1-3-6-12/h1-10H,11H2,(H2,18,20)(H,22,23). The number of carbonyl (C=O) groups is 1. The van der Waals surface area contributed by atoms with E-state index in [4.69, 9.17) is 10.5 Å². The highest BCUT2D eigenvalue weighted by molar-refractivity contribution is 6.06. The van der Waals surface area contributed by atoms with Crippen molar-refractivity contribution in [2.24, 2.45) is 0 Å². The Kier molecular flexibility index (Phi) is 4.62. The molecular formula is C17H15N5O2. The van der Waals surface area contributed by atoms with Crippen molar-refractivity contribution in [3.05, 3.63) is 72.3 Å². The van der Waals surface area contributed by atoms with E-state index in [1.54, 1.807) is 18.3 Å². The van der Waals surface area contributed by atoms with Crippen molar-refractivity contribution in [2.75, 3.05) is 11.1 Å². The number of benzene rings is 1. The number of carbonyl (C=O) groups excluding carboxylic acids is 1. The van der Waals surface area contributed by atoms with E-state index in [2.05, 4.69) is 20.3 Å². The number of ether oxygens (including phenoxy) is 1. The fourth-order valence-electron chi connectivity index (χ4n) is 2.03. The van der Waals surface area contributed by atoms with E-state index in [1.807, 2.05) is 30.3 Å². The molecule has 3 N–H and O–H groups in total. The number of hydrogen-bond donors (Lipinski definition) is 2. The number of anilines is 2. The van der Waals surface area contributed by atoms with Crippen LogP contribution in [0.15, 0.2) is 61.1 Å². The molecule has 0 bridgehead atoms. The Labute approximate surface area is 138 Å². The monoisotopic (exact) mass is 321 g/mol. The third-order valence-electron chi connectivity index (χ3n) is 3.18. The van der Waals surface area contributed by atoms with Gasteiger partial charge in [0.05, 0.1) is 0 Å². The van der Waals surface area contributed by atoms with Crippen molar-refractivity contribution < 1.29 is 9.53 Å². The number of rotatable bonds is 5. The first-order valence-corrected chi connectivity index (χ1v) is 7.23. The van der Waals surface area contributed by atoms with E-state index < -0.39 is 5.91 Å². The van der Waals surface area contributed by atoms with Crippen LogP contribution in [-0.2, 0) is 6.61 Å². The molecule has 0 unspecified atom stereocenters. The van der Waals surface area contributed by atoms with Gasteiger partial charge in [-0.05, 0) is 17.7 Å². The summed E-state index contributed by atoms with van der Waals surface area (Å²) in [6.07, 6.45) is 4.42. The molecule has 120 valence electrons. The van der Waals surface area contributed by atoms with Gasteiger partial charge < -0.3 is 15.8 Å². The smallest absolute Gasteiger partial charge is 0.278 e. The first kappa shape index (κ1) is 15.4. The number of nitrogens with two attached hydrogens (primary N) is 1. The van der Waals surface area contributed by atoms with Crippen LogP contribution in [0.3, 0.4) is 0 Å². The van der Waals surface area contributed by atoms with Gasteiger partial charge in [-0.3, -0.25) is 4.79 Å². The maximum atomic E-state index is 12.3. The lowest BCUT2D eigenvalue weighted by molar-refractivity contribution is 0.102. The van der Waals surface area contributed by atoms with Crippen LogP contribution < -0.4 is 15.8 Å². The zero-order chi connectivity index (χ0) is 16.8. The topological polar surface area (TPSA) is 103 Å². The summed E-state index contributed by atoms with van der Waals surface area (Å²) in [4.78, 5) is 24.2. The largest absolute Gasteiger partial charge is 0.471 e. The molecule has 0 aliphatic rings. The lowest BCUT2D eigenvalue weighted by Gasteiger charge is -2.11. The number of nitrogens with one attached hydrogen (secondary N) is 1. The summed E-state index contributed by atoms with van der Waals surface area (Å²) in [5.74, 6) is -0.0963. The van der Waals surface area contributed by atoms with Gasteiger partial charge in [0.25, 0.3) is 5.91 Å². The van der Waals surface area contributed by atoms with Gasteiger partial charge in [-0.25, -0.2) is 15.0 Å². The molecule has 0 aliphatic carbocycles. The zero-order valence-electron chi connectivity index (χ0n) is 12.7. The minimum atomic E-state index is -0.474. The number of hydrogen-bond acceptors (Lipinski definition) is 6. The fourth-order valence-corrected chi connectivity index (χ4v) is 2.03. The summed E-state index contributed by atoms with van der Waals surface area (Å²) >= 11 is 0. The molecule has 1 aromatic carbocycles. The molecule has 2 heterocycles. The molecule has 1 amide bonds. The summed E-state index contributed by atoms with van der Waals surface area (Å²) in [5, 5.41) is 2.69. The highest BCUT2D eigenvalue weighted by Gasteiger charge is 2.15. The lowest BCUT2D eigenvalue weighted by atomic mass is 10.2. The van der Waals surface area contributed by atoms with Crippen LogP contribution in [-0.4, -0.2) is 20.9 Å². The first-order chi connectivity index (χ1) is 11.7. The molecule has 0 fully saturated rings. The summed E-state index contributed by atoms with van der Waals surface area (Å²) < 4.78 is 5.70. The molecular weight excluding hydrogens is 306 g/mol. The zero-order valence-corrected chi connectivity index (χ0v) is 12.7. The van der Waals surface area contributed by atoms with Crippen molar-refractivity contribution in [1.29, 1.82) is 0 Å². The molecule has 7 heteroatoms. The Morgan fingerprint density at radius 3 is 2.58 bits per heavy atom. The molecule has 24 heavy (non-hydrogen) atoms. The molecule has 7 nitrogen and oxygen atoms in total. The van der Waals surface area contributed by atoms with Crippen molar-refractivity contribution in [3.8, 4) is 5.88 Å². The number of nitrogen functional groups attached to an aromatic ring is 1. The number of aromatic nitrogens is 3. The van der Waals surface area contributed by atoms with Crippen LogP contribution in [0.4, 0.5) is 11.5 Å². The Hall–Kier alpha value is -3.48. The highest BCUT2D eigenvalue weighted by atomic mass is 16.5. The molecule has 3 aromatic rings. The van der Waals surface area contributed by atoms with E-state index >= 15 is 0 Å². The van der Waals surface area contributed by atoms with Crippen molar-refractivity contribution >= 4 is 17.4 Å². The lowest BCUT2D eigenvalue weighted by Crippen LogP contribution is -2.17. The maximum Gasteiger partial charge on any atom is 0.278 e. The van der Waals surface area contributed by atoms with Gasteiger partial charge in [0.2, 0.25) is 5.88 Å². The summed E-state index contributed by atoms with van der Waals surface area (Å²) in [6, 6.07) is 13.1. The Morgan fingerprint density at radius 1 is 1.00 bits per heavy atom. The van der Waals surface area contributed by atoms with Crippen LogP contribution in [0.25, 0.3) is 0 Å². The van der Waals surface area contributed by atoms with Crippen LogP contribution in [0.5, 0.6) is 5.88 Å². The fraction of sp³-hybridized carbons (Fsp3) is 0.0588. The Morgan fingerprint density at radius 2 is 1.79 bits per heavy atom.